The smallest absolute Gasteiger partial charge is 0.200 e. The summed E-state index contributed by atoms with van der Waals surface area (Å²) in [5.41, 5.74) is 1.05. The number of aryl methyl sites for hydroxylation is 2. The van der Waals surface area contributed by atoms with E-state index < -0.39 is 5.54 Å². The summed E-state index contributed by atoms with van der Waals surface area (Å²) in [4.78, 5) is 12.1. The fraction of sp³-hybridized carbons (Fsp3) is 0.600. The Hall–Kier alpha value is -1.16. The van der Waals surface area contributed by atoms with Crippen LogP contribution in [0, 0.1) is 6.92 Å². The van der Waals surface area contributed by atoms with E-state index in [4.69, 9.17) is 0 Å². The Kier molecular flexibility index (Phi) is 2.76. The van der Waals surface area contributed by atoms with E-state index in [1.807, 2.05) is 20.8 Å². The minimum absolute atomic E-state index is 0.0671. The van der Waals surface area contributed by atoms with Gasteiger partial charge in [-0.2, -0.15) is 5.10 Å². The third kappa shape index (κ3) is 1.70. The molecule has 0 saturated heterocycles. The summed E-state index contributed by atoms with van der Waals surface area (Å²) >= 11 is 0. The molecule has 1 rings (SSSR count). The molecule has 0 aliphatic rings. The Balaban J connectivity index is 3.13. The number of nitrogens with one attached hydrogen (secondary N) is 1. The Morgan fingerprint density at radius 1 is 1.57 bits per heavy atom. The Bertz CT molecular complexity index is 333. The lowest BCUT2D eigenvalue weighted by molar-refractivity contribution is 0.0879. The van der Waals surface area contributed by atoms with E-state index >= 15 is 0 Å². The van der Waals surface area contributed by atoms with Crippen molar-refractivity contribution in [3.05, 3.63) is 17.5 Å². The molecule has 1 aromatic rings. The molecule has 0 bridgehead atoms. The van der Waals surface area contributed by atoms with Crippen LogP contribution >= 0.6 is 0 Å². The Labute approximate surface area is 84.3 Å². The van der Waals surface area contributed by atoms with Crippen molar-refractivity contribution in [2.45, 2.75) is 26.3 Å². The van der Waals surface area contributed by atoms with Crippen molar-refractivity contribution in [3.63, 3.8) is 0 Å². The number of hydrogen-bond acceptors (Lipinski definition) is 3. The second-order valence-corrected chi connectivity index (χ2v) is 4.00. The molecule has 0 spiro atoms. The minimum Gasteiger partial charge on any atom is -0.308 e. The molecule has 0 unspecified atom stereocenters. The third-order valence-corrected chi connectivity index (χ3v) is 2.53. The first-order chi connectivity index (χ1) is 6.40. The van der Waals surface area contributed by atoms with Gasteiger partial charge in [0.05, 0.1) is 11.7 Å². The summed E-state index contributed by atoms with van der Waals surface area (Å²) in [5.74, 6) is 0.0671. The lowest BCUT2D eigenvalue weighted by Crippen LogP contribution is -2.45. The maximum absolute atomic E-state index is 12.1. The summed E-state index contributed by atoms with van der Waals surface area (Å²) in [7, 11) is 3.57. The highest BCUT2D eigenvalue weighted by Crippen LogP contribution is 2.15. The van der Waals surface area contributed by atoms with Gasteiger partial charge in [-0.1, -0.05) is 0 Å². The zero-order valence-electron chi connectivity index (χ0n) is 9.38. The molecule has 4 nitrogen and oxygen atoms in total. The Morgan fingerprint density at radius 2 is 2.14 bits per heavy atom. The van der Waals surface area contributed by atoms with Gasteiger partial charge in [0.2, 0.25) is 0 Å². The van der Waals surface area contributed by atoms with E-state index in [0.29, 0.717) is 5.69 Å². The highest BCUT2D eigenvalue weighted by Gasteiger charge is 2.29. The maximum Gasteiger partial charge on any atom is 0.200 e. The lowest BCUT2D eigenvalue weighted by atomic mass is 9.95. The van der Waals surface area contributed by atoms with Gasteiger partial charge in [-0.05, 0) is 33.4 Å². The number of carbonyl (C=O) groups excluding carboxylic acids is 1. The van der Waals surface area contributed by atoms with Crippen molar-refractivity contribution < 1.29 is 4.79 Å². The second-order valence-electron chi connectivity index (χ2n) is 4.00. The van der Waals surface area contributed by atoms with Crippen LogP contribution in [-0.4, -0.2) is 28.2 Å². The van der Waals surface area contributed by atoms with Crippen LogP contribution in [0.2, 0.25) is 0 Å². The molecule has 0 amide bonds. The highest BCUT2D eigenvalue weighted by atomic mass is 16.1. The average molecular weight is 195 g/mol. The van der Waals surface area contributed by atoms with Crippen LogP contribution < -0.4 is 5.32 Å². The van der Waals surface area contributed by atoms with E-state index in [-0.39, 0.29) is 5.78 Å². The van der Waals surface area contributed by atoms with Crippen LogP contribution in [0.15, 0.2) is 6.20 Å². The molecule has 0 aliphatic heterocycles. The number of rotatable bonds is 3. The quantitative estimate of drug-likeness (QED) is 0.729. The number of Topliss-reactive ketones (excluding diaryl/α,β-unsaturated/α-hetero) is 1. The van der Waals surface area contributed by atoms with E-state index in [1.165, 1.54) is 0 Å². The number of aromatic nitrogens is 2. The predicted octanol–water partition coefficient (Wildman–Crippen LogP) is 0.909. The van der Waals surface area contributed by atoms with Crippen LogP contribution in [0.25, 0.3) is 0 Å². The van der Waals surface area contributed by atoms with E-state index in [1.54, 1.807) is 25.0 Å². The molecule has 1 aromatic heterocycles. The van der Waals surface area contributed by atoms with Gasteiger partial charge in [0.1, 0.15) is 5.69 Å². The highest BCUT2D eigenvalue weighted by molar-refractivity contribution is 6.02. The molecule has 0 radical (unpaired) electrons. The topological polar surface area (TPSA) is 46.9 Å². The number of likely N-dealkylation sites (N-methyl/N-ethyl adjacent to an activating group) is 1. The zero-order chi connectivity index (χ0) is 10.9. The van der Waals surface area contributed by atoms with Gasteiger partial charge in [-0.3, -0.25) is 9.48 Å². The monoisotopic (exact) mass is 195 g/mol. The SMILES string of the molecule is CNC(C)(C)C(=O)c1c(C)cnn1C. The normalized spacial score (nSPS) is 11.8. The van der Waals surface area contributed by atoms with Crippen LogP contribution in [0.3, 0.4) is 0 Å². The first-order valence-electron chi connectivity index (χ1n) is 4.62. The van der Waals surface area contributed by atoms with Crippen molar-refractivity contribution in [1.29, 1.82) is 0 Å². The van der Waals surface area contributed by atoms with Crippen LogP contribution in [0.4, 0.5) is 0 Å². The minimum atomic E-state index is -0.543. The van der Waals surface area contributed by atoms with Crippen molar-refractivity contribution in [2.24, 2.45) is 7.05 Å². The maximum atomic E-state index is 12.1. The van der Waals surface area contributed by atoms with E-state index in [0.717, 1.165) is 5.56 Å². The molecule has 1 heterocycles. The molecule has 14 heavy (non-hydrogen) atoms. The van der Waals surface area contributed by atoms with E-state index in [2.05, 4.69) is 10.4 Å². The summed E-state index contributed by atoms with van der Waals surface area (Å²) in [6.07, 6.45) is 1.71. The fourth-order valence-electron chi connectivity index (χ4n) is 1.28. The standard InChI is InChI=1S/C10H17N3O/c1-7-6-12-13(5)8(7)9(14)10(2,3)11-4/h6,11H,1-5H3. The summed E-state index contributed by atoms with van der Waals surface area (Å²) in [6.45, 7) is 5.62. The second kappa shape index (κ2) is 3.53. The van der Waals surface area contributed by atoms with E-state index in [9.17, 15) is 4.79 Å². The summed E-state index contributed by atoms with van der Waals surface area (Å²) in [6, 6.07) is 0. The van der Waals surface area contributed by atoms with Gasteiger partial charge < -0.3 is 5.32 Å². The van der Waals surface area contributed by atoms with Gasteiger partial charge in [0.25, 0.3) is 0 Å². The predicted molar refractivity (Wildman–Crippen MR) is 55.4 cm³/mol. The molecule has 4 heteroatoms. The van der Waals surface area contributed by atoms with Gasteiger partial charge in [-0.25, -0.2) is 0 Å². The molecule has 0 fully saturated rings. The molecule has 0 aromatic carbocycles. The van der Waals surface area contributed by atoms with Crippen LogP contribution in [0.5, 0.6) is 0 Å². The molecular formula is C10H17N3O. The molecule has 0 saturated carbocycles. The average Bonchev–Trinajstić information content (AvgIpc) is 2.45. The number of ketones is 1. The molecule has 1 N–H and O–H groups in total. The van der Waals surface area contributed by atoms with Gasteiger partial charge in [0, 0.05) is 7.05 Å². The van der Waals surface area contributed by atoms with Gasteiger partial charge in [-0.15, -0.1) is 0 Å². The van der Waals surface area contributed by atoms with Gasteiger partial charge in [0.15, 0.2) is 5.78 Å². The fourth-order valence-corrected chi connectivity index (χ4v) is 1.28. The zero-order valence-corrected chi connectivity index (χ0v) is 9.38. The molecule has 0 atom stereocenters. The van der Waals surface area contributed by atoms with Crippen molar-refractivity contribution in [3.8, 4) is 0 Å². The molecule has 0 aliphatic carbocycles. The van der Waals surface area contributed by atoms with Crippen LogP contribution in [-0.2, 0) is 7.05 Å². The van der Waals surface area contributed by atoms with Crippen molar-refractivity contribution >= 4 is 5.78 Å². The number of hydrogen-bond donors (Lipinski definition) is 1. The van der Waals surface area contributed by atoms with Crippen LogP contribution in [0.1, 0.15) is 29.9 Å². The lowest BCUT2D eigenvalue weighted by Gasteiger charge is -2.22. The number of nitrogens with zero attached hydrogens (tertiary/aromatic N) is 2. The molecular weight excluding hydrogens is 178 g/mol. The third-order valence-electron chi connectivity index (χ3n) is 2.53. The number of carbonyl (C=O) groups is 1. The molecule has 78 valence electrons. The largest absolute Gasteiger partial charge is 0.308 e. The van der Waals surface area contributed by atoms with Gasteiger partial charge >= 0.3 is 0 Å². The van der Waals surface area contributed by atoms with Crippen molar-refractivity contribution in [2.75, 3.05) is 7.05 Å². The first kappa shape index (κ1) is 10.9. The van der Waals surface area contributed by atoms with Crippen molar-refractivity contribution in [1.82, 2.24) is 15.1 Å². The first-order valence-corrected chi connectivity index (χ1v) is 4.62. The Morgan fingerprint density at radius 3 is 2.50 bits per heavy atom. The summed E-state index contributed by atoms with van der Waals surface area (Å²) < 4.78 is 1.62. The summed E-state index contributed by atoms with van der Waals surface area (Å²) in [5, 5.41) is 7.05.